The van der Waals surface area contributed by atoms with E-state index in [0.29, 0.717) is 23.6 Å². The van der Waals surface area contributed by atoms with Gasteiger partial charge < -0.3 is 10.6 Å². The van der Waals surface area contributed by atoms with Crippen LogP contribution >= 0.6 is 0 Å². The lowest BCUT2D eigenvalue weighted by molar-refractivity contribution is -0.110. The molecule has 2 amide bonds. The second-order valence-corrected chi connectivity index (χ2v) is 11.0. The molecule has 0 unspecified atom stereocenters. The molecular weight excluding hydrogens is 512 g/mol. The quantitative estimate of drug-likeness (QED) is 0.369. The number of aryl methyl sites for hydroxylation is 1. The van der Waals surface area contributed by atoms with Gasteiger partial charge in [0.25, 0.3) is 11.8 Å². The summed E-state index contributed by atoms with van der Waals surface area (Å²) in [6.07, 6.45) is 12.7. The number of hydrogen-bond acceptors (Lipinski definition) is 6. The molecule has 2 aliphatic heterocycles. The van der Waals surface area contributed by atoms with E-state index in [1.807, 2.05) is 26.2 Å². The smallest absolute Gasteiger partial charge is 0.274 e. The van der Waals surface area contributed by atoms with Gasteiger partial charge in [-0.25, -0.2) is 4.98 Å². The summed E-state index contributed by atoms with van der Waals surface area (Å²) in [6, 6.07) is 12.0. The van der Waals surface area contributed by atoms with Gasteiger partial charge in [0.2, 0.25) is 0 Å². The molecule has 4 heterocycles. The third kappa shape index (κ3) is 7.24. The van der Waals surface area contributed by atoms with Crippen molar-refractivity contribution in [2.75, 3.05) is 25.0 Å². The molecule has 2 aromatic heterocycles. The summed E-state index contributed by atoms with van der Waals surface area (Å²) in [4.78, 5) is 42.0. The number of aliphatic imine (C=N–C) groups is 1. The van der Waals surface area contributed by atoms with E-state index in [0.717, 1.165) is 67.6 Å². The van der Waals surface area contributed by atoms with Crippen LogP contribution in [-0.4, -0.2) is 58.1 Å². The first-order chi connectivity index (χ1) is 20.0. The van der Waals surface area contributed by atoms with Gasteiger partial charge in [-0.3, -0.25) is 24.5 Å². The second kappa shape index (κ2) is 13.6. The average molecular weight is 553 g/mol. The fourth-order valence-corrected chi connectivity index (χ4v) is 5.59. The highest BCUT2D eigenvalue weighted by Crippen LogP contribution is 2.27. The molecule has 0 aliphatic carbocycles. The Balaban J connectivity index is 1.32. The highest BCUT2D eigenvalue weighted by atomic mass is 16.2. The molecule has 8 nitrogen and oxygen atoms in total. The number of nitrogens with one attached hydrogen (secondary N) is 2. The van der Waals surface area contributed by atoms with Crippen molar-refractivity contribution in [2.24, 2.45) is 4.99 Å². The number of likely N-dealkylation sites (tertiary alicyclic amines) is 1. The first-order valence-electron chi connectivity index (χ1n) is 15.0. The third-order valence-corrected chi connectivity index (χ3v) is 8.01. The number of rotatable bonds is 9. The van der Waals surface area contributed by atoms with Crippen molar-refractivity contribution < 1.29 is 9.59 Å². The van der Waals surface area contributed by atoms with Crippen molar-refractivity contribution in [3.63, 3.8) is 0 Å². The number of carbonyl (C=O) groups excluding carboxylic acids is 2. The number of pyridine rings is 2. The van der Waals surface area contributed by atoms with Gasteiger partial charge in [-0.2, -0.15) is 0 Å². The lowest BCUT2D eigenvalue weighted by atomic mass is 9.94. The Bertz CT molecular complexity index is 1390. The average Bonchev–Trinajstić information content (AvgIpc) is 3.23. The van der Waals surface area contributed by atoms with Crippen LogP contribution in [0.3, 0.4) is 0 Å². The van der Waals surface area contributed by atoms with Crippen LogP contribution < -0.4 is 10.6 Å². The van der Waals surface area contributed by atoms with E-state index >= 15 is 0 Å². The van der Waals surface area contributed by atoms with Crippen molar-refractivity contribution in [1.29, 1.82) is 0 Å². The van der Waals surface area contributed by atoms with E-state index in [-0.39, 0.29) is 17.9 Å². The van der Waals surface area contributed by atoms with Gasteiger partial charge in [-0.1, -0.05) is 32.4 Å². The highest BCUT2D eigenvalue weighted by Gasteiger charge is 2.21. The molecule has 1 fully saturated rings. The number of hydrogen-bond donors (Lipinski definition) is 2. The fraction of sp³-hybridized carbons (Fsp3) is 0.424. The summed E-state index contributed by atoms with van der Waals surface area (Å²) in [5.74, 6) is -0.487. The zero-order valence-corrected chi connectivity index (χ0v) is 24.2. The molecule has 0 radical (unpaired) electrons. The molecule has 2 N–H and O–H groups in total. The number of nitrogens with zero attached hydrogens (tertiary/aromatic N) is 4. The molecule has 2 aliphatic rings. The molecule has 5 rings (SSSR count). The van der Waals surface area contributed by atoms with Gasteiger partial charge in [-0.15, -0.1) is 0 Å². The molecule has 8 heteroatoms. The van der Waals surface area contributed by atoms with Crippen LogP contribution in [0.1, 0.15) is 79.6 Å². The highest BCUT2D eigenvalue weighted by molar-refractivity contribution is 6.49. The Morgan fingerprint density at radius 2 is 1.73 bits per heavy atom. The number of amides is 2. The lowest BCUT2D eigenvalue weighted by Gasteiger charge is -2.26. The first kappa shape index (κ1) is 28.6. The molecule has 0 spiro atoms. The largest absolute Gasteiger partial charge is 0.348 e. The van der Waals surface area contributed by atoms with Gasteiger partial charge in [0.1, 0.15) is 11.4 Å². The summed E-state index contributed by atoms with van der Waals surface area (Å²) in [5, 5.41) is 5.93. The number of carbonyl (C=O) groups is 2. The summed E-state index contributed by atoms with van der Waals surface area (Å²) in [6.45, 7) is 7.87. The molecule has 0 atom stereocenters. The van der Waals surface area contributed by atoms with Gasteiger partial charge >= 0.3 is 0 Å². The standard InChI is InChI=1S/C33H40N6O2/c1-3-27(4-2)37-32(40)30-13-12-28(21-36-30)38-33(41)31-29-18-25(11-10-24(29)9-8-14-35-31)26-17-23(19-34-20-26)22-39-15-6-5-7-16-39/h10-13,17-21,27H,3-9,14-16,22H2,1-2H3,(H,37,40)(H,38,41). The summed E-state index contributed by atoms with van der Waals surface area (Å²) >= 11 is 0. The van der Waals surface area contributed by atoms with Crippen molar-refractivity contribution in [3.05, 3.63) is 77.4 Å². The van der Waals surface area contributed by atoms with Gasteiger partial charge in [0, 0.05) is 42.7 Å². The molecule has 1 saturated heterocycles. The minimum atomic E-state index is -0.279. The minimum absolute atomic E-state index is 0.120. The predicted molar refractivity (Wildman–Crippen MR) is 163 cm³/mol. The van der Waals surface area contributed by atoms with E-state index in [2.05, 4.69) is 54.8 Å². The van der Waals surface area contributed by atoms with Crippen LogP contribution in [0.15, 0.2) is 60.0 Å². The van der Waals surface area contributed by atoms with Gasteiger partial charge in [-0.05, 0) is 92.6 Å². The molecular formula is C33H40N6O2. The zero-order valence-electron chi connectivity index (χ0n) is 24.2. The Labute approximate surface area is 242 Å². The third-order valence-electron chi connectivity index (χ3n) is 8.01. The fourth-order valence-electron chi connectivity index (χ4n) is 5.59. The number of piperidine rings is 1. The Hall–Kier alpha value is -3.91. The monoisotopic (exact) mass is 552 g/mol. The predicted octanol–water partition coefficient (Wildman–Crippen LogP) is 5.42. The van der Waals surface area contributed by atoms with Crippen LogP contribution in [0, 0.1) is 0 Å². The maximum atomic E-state index is 13.5. The number of aromatic nitrogens is 2. The molecule has 0 saturated carbocycles. The van der Waals surface area contributed by atoms with Crippen LogP contribution in [0.5, 0.6) is 0 Å². The van der Waals surface area contributed by atoms with E-state index in [1.165, 1.54) is 31.0 Å². The molecule has 3 aromatic rings. The first-order valence-corrected chi connectivity index (χ1v) is 15.0. The molecule has 214 valence electrons. The van der Waals surface area contributed by atoms with E-state index in [9.17, 15) is 9.59 Å². The molecule has 41 heavy (non-hydrogen) atoms. The summed E-state index contributed by atoms with van der Waals surface area (Å²) in [7, 11) is 0. The second-order valence-electron chi connectivity index (χ2n) is 11.0. The Morgan fingerprint density at radius 1 is 0.902 bits per heavy atom. The van der Waals surface area contributed by atoms with E-state index < -0.39 is 0 Å². The van der Waals surface area contributed by atoms with Crippen molar-refractivity contribution >= 4 is 23.2 Å². The lowest BCUT2D eigenvalue weighted by Crippen LogP contribution is -2.34. The molecule has 1 aromatic carbocycles. The van der Waals surface area contributed by atoms with E-state index in [1.54, 1.807) is 12.1 Å². The minimum Gasteiger partial charge on any atom is -0.348 e. The maximum Gasteiger partial charge on any atom is 0.274 e. The zero-order chi connectivity index (χ0) is 28.6. The number of benzene rings is 1. The van der Waals surface area contributed by atoms with Crippen molar-refractivity contribution in [1.82, 2.24) is 20.2 Å². The normalized spacial score (nSPS) is 15.5. The van der Waals surface area contributed by atoms with Crippen molar-refractivity contribution in [2.45, 2.75) is 71.4 Å². The van der Waals surface area contributed by atoms with Crippen molar-refractivity contribution in [3.8, 4) is 11.1 Å². The summed E-state index contributed by atoms with van der Waals surface area (Å²) in [5.41, 5.74) is 6.51. The Kier molecular flexibility index (Phi) is 9.51. The molecule has 0 bridgehead atoms. The van der Waals surface area contributed by atoms with E-state index in [4.69, 9.17) is 0 Å². The maximum absolute atomic E-state index is 13.5. The van der Waals surface area contributed by atoms with Gasteiger partial charge in [0.05, 0.1) is 11.9 Å². The van der Waals surface area contributed by atoms with Crippen LogP contribution in [0.2, 0.25) is 0 Å². The van der Waals surface area contributed by atoms with Crippen LogP contribution in [0.25, 0.3) is 11.1 Å². The number of anilines is 1. The van der Waals surface area contributed by atoms with Gasteiger partial charge in [0.15, 0.2) is 0 Å². The topological polar surface area (TPSA) is 99.6 Å². The summed E-state index contributed by atoms with van der Waals surface area (Å²) < 4.78 is 0. The van der Waals surface area contributed by atoms with Crippen LogP contribution in [0.4, 0.5) is 5.69 Å². The van der Waals surface area contributed by atoms with Crippen LogP contribution in [-0.2, 0) is 17.8 Å². The Morgan fingerprint density at radius 3 is 2.49 bits per heavy atom. The number of fused-ring (bicyclic) bond motifs is 1. The SMILES string of the molecule is CCC(CC)NC(=O)c1ccc(NC(=O)C2=NCCCc3ccc(-c4cncc(CN5CCCCC5)c4)cc32)cn1.